The van der Waals surface area contributed by atoms with E-state index < -0.39 is 12.0 Å². The number of rotatable bonds is 8. The molecule has 1 aromatic rings. The van der Waals surface area contributed by atoms with Crippen molar-refractivity contribution in [2.24, 2.45) is 0 Å². The topological polar surface area (TPSA) is 66.4 Å². The van der Waals surface area contributed by atoms with E-state index in [2.05, 4.69) is 5.32 Å². The molecule has 110 valence electrons. The smallest absolute Gasteiger partial charge is 0.326 e. The van der Waals surface area contributed by atoms with Gasteiger partial charge in [-0.3, -0.25) is 4.79 Å². The lowest BCUT2D eigenvalue weighted by molar-refractivity contribution is -0.141. The fraction of sp³-hybridized carbons (Fsp3) is 0.467. The van der Waals surface area contributed by atoms with Crippen molar-refractivity contribution in [2.75, 3.05) is 5.75 Å². The van der Waals surface area contributed by atoms with Crippen LogP contribution in [-0.4, -0.2) is 34.0 Å². The molecule has 0 aromatic heterocycles. The minimum Gasteiger partial charge on any atom is -0.480 e. The van der Waals surface area contributed by atoms with Gasteiger partial charge in [-0.25, -0.2) is 4.79 Å². The summed E-state index contributed by atoms with van der Waals surface area (Å²) in [6.45, 7) is 4.00. The van der Waals surface area contributed by atoms with E-state index in [0.717, 1.165) is 5.56 Å². The van der Waals surface area contributed by atoms with Crippen molar-refractivity contribution < 1.29 is 14.7 Å². The van der Waals surface area contributed by atoms with Crippen LogP contribution in [0.2, 0.25) is 0 Å². The Morgan fingerprint density at radius 2 is 1.90 bits per heavy atom. The number of aryl methyl sites for hydroxylation is 1. The summed E-state index contributed by atoms with van der Waals surface area (Å²) < 4.78 is 0. The molecule has 1 amide bonds. The molecule has 2 N–H and O–H groups in total. The summed E-state index contributed by atoms with van der Waals surface area (Å²) in [5.41, 5.74) is 1.07. The number of hydrogen-bond donors (Lipinski definition) is 2. The van der Waals surface area contributed by atoms with Crippen molar-refractivity contribution in [3.05, 3.63) is 35.9 Å². The van der Waals surface area contributed by atoms with Crippen molar-refractivity contribution >= 4 is 23.6 Å². The van der Waals surface area contributed by atoms with Crippen LogP contribution < -0.4 is 5.32 Å². The van der Waals surface area contributed by atoms with Crippen LogP contribution in [0.3, 0.4) is 0 Å². The zero-order chi connectivity index (χ0) is 15.0. The maximum absolute atomic E-state index is 11.7. The SMILES string of the molecule is CC(C)SCC(=O)N[C@@H](CCc1ccccc1)C(=O)O. The van der Waals surface area contributed by atoms with Crippen LogP contribution in [0.25, 0.3) is 0 Å². The number of carboxylic acids is 1. The van der Waals surface area contributed by atoms with Gasteiger partial charge in [-0.2, -0.15) is 0 Å². The highest BCUT2D eigenvalue weighted by Crippen LogP contribution is 2.09. The summed E-state index contributed by atoms with van der Waals surface area (Å²) in [4.78, 5) is 22.9. The van der Waals surface area contributed by atoms with Crippen LogP contribution >= 0.6 is 11.8 Å². The number of carboxylic acid groups (broad SMARTS) is 1. The molecular weight excluding hydrogens is 274 g/mol. The quantitative estimate of drug-likeness (QED) is 0.772. The summed E-state index contributed by atoms with van der Waals surface area (Å²) in [6, 6.07) is 8.84. The standard InChI is InChI=1S/C15H21NO3S/c1-11(2)20-10-14(17)16-13(15(18)19)9-8-12-6-4-3-5-7-12/h3-7,11,13H,8-10H2,1-2H3,(H,16,17)(H,18,19)/t13-/m0/s1. The maximum Gasteiger partial charge on any atom is 0.326 e. The summed E-state index contributed by atoms with van der Waals surface area (Å²) >= 11 is 1.50. The number of nitrogens with one attached hydrogen (secondary N) is 1. The Hall–Kier alpha value is -1.49. The Bertz CT molecular complexity index is 434. The summed E-state index contributed by atoms with van der Waals surface area (Å²) in [6.07, 6.45) is 1.03. The van der Waals surface area contributed by atoms with Gasteiger partial charge in [0, 0.05) is 0 Å². The first kappa shape index (κ1) is 16.6. The molecule has 5 heteroatoms. The second kappa shape index (κ2) is 8.64. The maximum atomic E-state index is 11.7. The van der Waals surface area contributed by atoms with Crippen molar-refractivity contribution in [2.45, 2.75) is 38.0 Å². The summed E-state index contributed by atoms with van der Waals surface area (Å²) in [5, 5.41) is 12.1. The molecule has 0 bridgehead atoms. The molecule has 0 fully saturated rings. The third-order valence-electron chi connectivity index (χ3n) is 2.75. The van der Waals surface area contributed by atoms with Gasteiger partial charge in [-0.05, 0) is 23.7 Å². The first-order valence-electron chi connectivity index (χ1n) is 6.66. The lowest BCUT2D eigenvalue weighted by Gasteiger charge is -2.15. The molecule has 0 unspecified atom stereocenters. The lowest BCUT2D eigenvalue weighted by atomic mass is 10.1. The average molecular weight is 295 g/mol. The molecule has 0 spiro atoms. The minimum atomic E-state index is -0.983. The van der Waals surface area contributed by atoms with Gasteiger partial charge in [-0.1, -0.05) is 44.2 Å². The van der Waals surface area contributed by atoms with Crippen LogP contribution in [-0.2, 0) is 16.0 Å². The van der Waals surface area contributed by atoms with Crippen LogP contribution in [0.5, 0.6) is 0 Å². The van der Waals surface area contributed by atoms with Gasteiger partial charge in [0.15, 0.2) is 0 Å². The normalized spacial score (nSPS) is 12.2. The average Bonchev–Trinajstić information content (AvgIpc) is 2.42. The Morgan fingerprint density at radius 3 is 2.45 bits per heavy atom. The molecule has 0 aliphatic rings. The minimum absolute atomic E-state index is 0.218. The third kappa shape index (κ3) is 6.61. The second-order valence-electron chi connectivity index (χ2n) is 4.84. The number of hydrogen-bond acceptors (Lipinski definition) is 3. The van der Waals surface area contributed by atoms with Gasteiger partial charge in [-0.15, -0.1) is 11.8 Å². The van der Waals surface area contributed by atoms with Crippen molar-refractivity contribution in [1.82, 2.24) is 5.32 Å². The zero-order valence-corrected chi connectivity index (χ0v) is 12.7. The Kier molecular flexibility index (Phi) is 7.15. The first-order valence-corrected chi connectivity index (χ1v) is 7.71. The molecule has 4 nitrogen and oxygen atoms in total. The molecular formula is C15H21NO3S. The highest BCUT2D eigenvalue weighted by atomic mass is 32.2. The van der Waals surface area contributed by atoms with Crippen molar-refractivity contribution in [3.63, 3.8) is 0 Å². The predicted octanol–water partition coefficient (Wildman–Crippen LogP) is 2.33. The van der Waals surface area contributed by atoms with Crippen LogP contribution in [0, 0.1) is 0 Å². The van der Waals surface area contributed by atoms with Crippen LogP contribution in [0.1, 0.15) is 25.8 Å². The highest BCUT2D eigenvalue weighted by Gasteiger charge is 2.19. The largest absolute Gasteiger partial charge is 0.480 e. The van der Waals surface area contributed by atoms with Gasteiger partial charge in [0.2, 0.25) is 5.91 Å². The van der Waals surface area contributed by atoms with Gasteiger partial charge in [0.1, 0.15) is 6.04 Å². The lowest BCUT2D eigenvalue weighted by Crippen LogP contribution is -2.42. The van der Waals surface area contributed by atoms with Gasteiger partial charge >= 0.3 is 5.97 Å². The van der Waals surface area contributed by atoms with Crippen LogP contribution in [0.15, 0.2) is 30.3 Å². The van der Waals surface area contributed by atoms with E-state index in [0.29, 0.717) is 23.8 Å². The third-order valence-corrected chi connectivity index (χ3v) is 3.84. The van der Waals surface area contributed by atoms with E-state index in [4.69, 9.17) is 5.11 Å². The van der Waals surface area contributed by atoms with E-state index >= 15 is 0 Å². The molecule has 1 aromatic carbocycles. The Morgan fingerprint density at radius 1 is 1.25 bits per heavy atom. The van der Waals surface area contributed by atoms with Gasteiger partial charge in [0.25, 0.3) is 0 Å². The molecule has 0 aliphatic heterocycles. The Balaban J connectivity index is 2.44. The molecule has 1 atom stereocenters. The molecule has 0 saturated carbocycles. The van der Waals surface area contributed by atoms with E-state index in [1.807, 2.05) is 44.2 Å². The number of benzene rings is 1. The fourth-order valence-electron chi connectivity index (χ4n) is 1.69. The van der Waals surface area contributed by atoms with E-state index in [-0.39, 0.29) is 5.91 Å². The number of aliphatic carboxylic acids is 1. The molecule has 20 heavy (non-hydrogen) atoms. The second-order valence-corrected chi connectivity index (χ2v) is 6.41. The van der Waals surface area contributed by atoms with Gasteiger partial charge in [0.05, 0.1) is 5.75 Å². The van der Waals surface area contributed by atoms with Crippen LogP contribution in [0.4, 0.5) is 0 Å². The number of carbonyl (C=O) groups is 2. The van der Waals surface area contributed by atoms with E-state index in [1.165, 1.54) is 11.8 Å². The summed E-state index contributed by atoms with van der Waals surface area (Å²) in [5.74, 6) is -0.903. The molecule has 1 rings (SSSR count). The monoisotopic (exact) mass is 295 g/mol. The zero-order valence-electron chi connectivity index (χ0n) is 11.8. The first-order chi connectivity index (χ1) is 9.49. The Labute approximate surface area is 124 Å². The number of carbonyl (C=O) groups excluding carboxylic acids is 1. The molecule has 0 aliphatic carbocycles. The van der Waals surface area contributed by atoms with Crippen molar-refractivity contribution in [3.8, 4) is 0 Å². The van der Waals surface area contributed by atoms with E-state index in [1.54, 1.807) is 0 Å². The van der Waals surface area contributed by atoms with Crippen molar-refractivity contribution in [1.29, 1.82) is 0 Å². The molecule has 0 saturated heterocycles. The predicted molar refractivity (Wildman–Crippen MR) is 81.9 cm³/mol. The highest BCUT2D eigenvalue weighted by molar-refractivity contribution is 8.00. The molecule has 0 radical (unpaired) electrons. The van der Waals surface area contributed by atoms with Gasteiger partial charge < -0.3 is 10.4 Å². The van der Waals surface area contributed by atoms with E-state index in [9.17, 15) is 9.59 Å². The fourth-order valence-corrected chi connectivity index (χ4v) is 2.26. The number of amides is 1. The number of thioether (sulfide) groups is 1. The molecule has 0 heterocycles. The summed E-state index contributed by atoms with van der Waals surface area (Å²) in [7, 11) is 0.